The highest BCUT2D eigenvalue weighted by Gasteiger charge is 2.30. The fourth-order valence-corrected chi connectivity index (χ4v) is 1.93. The van der Waals surface area contributed by atoms with Gasteiger partial charge in [0.15, 0.2) is 6.10 Å². The molecule has 1 aromatic rings. The van der Waals surface area contributed by atoms with E-state index in [9.17, 15) is 9.59 Å². The maximum atomic E-state index is 11.2. The van der Waals surface area contributed by atoms with Crippen LogP contribution in [0.2, 0.25) is 0 Å². The smallest absolute Gasteiger partial charge is 0.332 e. The Kier molecular flexibility index (Phi) is 3.61. The highest BCUT2D eigenvalue weighted by molar-refractivity contribution is 5.72. The van der Waals surface area contributed by atoms with E-state index in [0.29, 0.717) is 31.0 Å². The van der Waals surface area contributed by atoms with E-state index in [1.807, 2.05) is 0 Å². The number of aromatic nitrogens is 2. The van der Waals surface area contributed by atoms with E-state index in [4.69, 9.17) is 9.84 Å². The molecule has 0 radical (unpaired) electrons. The molecule has 1 saturated heterocycles. The Morgan fingerprint density at radius 3 is 3.06 bits per heavy atom. The highest BCUT2D eigenvalue weighted by atomic mass is 16.5. The monoisotopic (exact) mass is 253 g/mol. The first kappa shape index (κ1) is 12.6. The molecule has 1 aliphatic heterocycles. The van der Waals surface area contributed by atoms with E-state index in [2.05, 4.69) is 15.3 Å². The molecule has 7 nitrogen and oxygen atoms in total. The number of aliphatic carboxylic acids is 1. The van der Waals surface area contributed by atoms with Gasteiger partial charge in [-0.2, -0.15) is 0 Å². The van der Waals surface area contributed by atoms with Crippen molar-refractivity contribution in [2.24, 2.45) is 0 Å². The molecule has 0 bridgehead atoms. The van der Waals surface area contributed by atoms with Crippen LogP contribution in [0.5, 0.6) is 0 Å². The average Bonchev–Trinajstić information content (AvgIpc) is 2.73. The Morgan fingerprint density at radius 2 is 2.44 bits per heavy atom. The van der Waals surface area contributed by atoms with Gasteiger partial charge in [-0.15, -0.1) is 0 Å². The maximum absolute atomic E-state index is 11.2. The summed E-state index contributed by atoms with van der Waals surface area (Å²) in [5, 5.41) is 11.8. The van der Waals surface area contributed by atoms with Crippen molar-refractivity contribution < 1.29 is 14.6 Å². The number of hydrogen-bond acceptors (Lipinski definition) is 5. The molecule has 2 heterocycles. The quantitative estimate of drug-likeness (QED) is 0.704. The van der Waals surface area contributed by atoms with E-state index in [0.717, 1.165) is 0 Å². The van der Waals surface area contributed by atoms with Crippen LogP contribution in [-0.4, -0.2) is 39.8 Å². The SMILES string of the molecule is Cc1nc(NCC2CCC(C(=O)O)O2)cc(=O)[nH]1. The van der Waals surface area contributed by atoms with Gasteiger partial charge in [-0.25, -0.2) is 9.78 Å². The molecule has 0 aromatic carbocycles. The fourth-order valence-electron chi connectivity index (χ4n) is 1.93. The Morgan fingerprint density at radius 1 is 1.67 bits per heavy atom. The van der Waals surface area contributed by atoms with Gasteiger partial charge in [0.05, 0.1) is 6.10 Å². The maximum Gasteiger partial charge on any atom is 0.332 e. The molecule has 1 aliphatic rings. The Bertz CT molecular complexity index is 499. The number of carbonyl (C=O) groups is 1. The van der Waals surface area contributed by atoms with Crippen molar-refractivity contribution in [3.63, 3.8) is 0 Å². The molecule has 2 unspecified atom stereocenters. The van der Waals surface area contributed by atoms with E-state index in [-0.39, 0.29) is 11.7 Å². The molecular weight excluding hydrogens is 238 g/mol. The van der Waals surface area contributed by atoms with Crippen LogP contribution in [-0.2, 0) is 9.53 Å². The van der Waals surface area contributed by atoms with Crippen molar-refractivity contribution in [3.05, 3.63) is 22.2 Å². The summed E-state index contributed by atoms with van der Waals surface area (Å²) in [5.41, 5.74) is -0.222. The first-order valence-corrected chi connectivity index (χ1v) is 5.74. The molecule has 0 spiro atoms. The zero-order valence-corrected chi connectivity index (χ0v) is 9.97. The summed E-state index contributed by atoms with van der Waals surface area (Å²) in [6.07, 6.45) is 0.327. The number of aryl methyl sites for hydroxylation is 1. The van der Waals surface area contributed by atoms with Crippen molar-refractivity contribution in [2.45, 2.75) is 32.0 Å². The topological polar surface area (TPSA) is 104 Å². The van der Waals surface area contributed by atoms with Crippen molar-refractivity contribution in [1.82, 2.24) is 9.97 Å². The Balaban J connectivity index is 1.89. The molecule has 2 atom stereocenters. The highest BCUT2D eigenvalue weighted by Crippen LogP contribution is 2.19. The summed E-state index contributed by atoms with van der Waals surface area (Å²) in [7, 11) is 0. The van der Waals surface area contributed by atoms with Crippen LogP contribution in [0.25, 0.3) is 0 Å². The molecule has 0 aliphatic carbocycles. The van der Waals surface area contributed by atoms with E-state index >= 15 is 0 Å². The second kappa shape index (κ2) is 5.18. The largest absolute Gasteiger partial charge is 0.479 e. The molecule has 1 fully saturated rings. The lowest BCUT2D eigenvalue weighted by atomic mass is 10.2. The van der Waals surface area contributed by atoms with Crippen molar-refractivity contribution in [3.8, 4) is 0 Å². The molecule has 3 N–H and O–H groups in total. The normalized spacial score (nSPS) is 22.9. The summed E-state index contributed by atoms with van der Waals surface area (Å²) in [6.45, 7) is 2.14. The van der Waals surface area contributed by atoms with Crippen LogP contribution in [0.3, 0.4) is 0 Å². The summed E-state index contributed by atoms with van der Waals surface area (Å²) in [5.74, 6) is 0.0713. The van der Waals surface area contributed by atoms with Crippen molar-refractivity contribution in [2.75, 3.05) is 11.9 Å². The van der Waals surface area contributed by atoms with Crippen LogP contribution in [0, 0.1) is 6.92 Å². The lowest BCUT2D eigenvalue weighted by Crippen LogP contribution is -2.25. The zero-order chi connectivity index (χ0) is 13.1. The Labute approximate surface area is 103 Å². The number of carboxylic acid groups (broad SMARTS) is 1. The van der Waals surface area contributed by atoms with E-state index < -0.39 is 12.1 Å². The summed E-state index contributed by atoms with van der Waals surface area (Å²) >= 11 is 0. The van der Waals surface area contributed by atoms with Crippen LogP contribution in [0.4, 0.5) is 5.82 Å². The standard InChI is InChI=1S/C11H15N3O4/c1-6-13-9(4-10(15)14-6)12-5-7-2-3-8(18-7)11(16)17/h4,7-8H,2-3,5H2,1H3,(H,16,17)(H2,12,13,14,15). The predicted molar refractivity (Wildman–Crippen MR) is 63.6 cm³/mol. The number of H-pyrrole nitrogens is 1. The lowest BCUT2D eigenvalue weighted by molar-refractivity contribution is -0.149. The molecule has 1 aromatic heterocycles. The van der Waals surface area contributed by atoms with Gasteiger partial charge in [-0.3, -0.25) is 4.79 Å². The van der Waals surface area contributed by atoms with Gasteiger partial charge in [-0.05, 0) is 19.8 Å². The van der Waals surface area contributed by atoms with Crippen LogP contribution in [0.1, 0.15) is 18.7 Å². The summed E-state index contributed by atoms with van der Waals surface area (Å²) in [6, 6.07) is 1.36. The molecule has 7 heteroatoms. The van der Waals surface area contributed by atoms with E-state index in [1.54, 1.807) is 6.92 Å². The molecule has 18 heavy (non-hydrogen) atoms. The molecule has 2 rings (SSSR count). The van der Waals surface area contributed by atoms with Crippen molar-refractivity contribution >= 4 is 11.8 Å². The minimum Gasteiger partial charge on any atom is -0.479 e. The molecule has 98 valence electrons. The van der Waals surface area contributed by atoms with Gasteiger partial charge in [-0.1, -0.05) is 0 Å². The van der Waals surface area contributed by atoms with Crippen LogP contribution < -0.4 is 10.9 Å². The van der Waals surface area contributed by atoms with Gasteiger partial charge in [0.2, 0.25) is 0 Å². The zero-order valence-electron chi connectivity index (χ0n) is 9.97. The van der Waals surface area contributed by atoms with Crippen molar-refractivity contribution in [1.29, 1.82) is 0 Å². The minimum absolute atomic E-state index is 0.160. The van der Waals surface area contributed by atoms with E-state index in [1.165, 1.54) is 6.07 Å². The van der Waals surface area contributed by atoms with Gasteiger partial charge < -0.3 is 20.1 Å². The van der Waals surface area contributed by atoms with Crippen LogP contribution >= 0.6 is 0 Å². The fraction of sp³-hybridized carbons (Fsp3) is 0.545. The lowest BCUT2D eigenvalue weighted by Gasteiger charge is -2.12. The number of hydrogen-bond donors (Lipinski definition) is 3. The third-order valence-electron chi connectivity index (χ3n) is 2.75. The van der Waals surface area contributed by atoms with Crippen LogP contribution in [0.15, 0.2) is 10.9 Å². The second-order valence-electron chi connectivity index (χ2n) is 4.26. The number of carboxylic acids is 1. The number of anilines is 1. The molecule has 0 amide bonds. The number of rotatable bonds is 4. The van der Waals surface area contributed by atoms with Gasteiger partial charge in [0, 0.05) is 12.6 Å². The minimum atomic E-state index is -0.928. The summed E-state index contributed by atoms with van der Waals surface area (Å²) in [4.78, 5) is 28.6. The number of ether oxygens (including phenoxy) is 1. The average molecular weight is 253 g/mol. The number of nitrogens with zero attached hydrogens (tertiary/aromatic N) is 1. The van der Waals surface area contributed by atoms with Gasteiger partial charge in [0.1, 0.15) is 11.6 Å². The predicted octanol–water partition coefficient (Wildman–Crippen LogP) is 0.122. The first-order chi connectivity index (χ1) is 8.54. The van der Waals surface area contributed by atoms with Gasteiger partial charge in [0.25, 0.3) is 5.56 Å². The number of aromatic amines is 1. The molecular formula is C11H15N3O4. The third kappa shape index (κ3) is 3.07. The number of nitrogens with one attached hydrogen (secondary N) is 2. The summed E-state index contributed by atoms with van der Waals surface area (Å²) < 4.78 is 5.33. The molecule has 0 saturated carbocycles. The third-order valence-corrected chi connectivity index (χ3v) is 2.75. The Hall–Kier alpha value is -1.89. The second-order valence-corrected chi connectivity index (χ2v) is 4.26. The first-order valence-electron chi connectivity index (χ1n) is 5.74. The van der Waals surface area contributed by atoms with Gasteiger partial charge >= 0.3 is 5.97 Å².